The first-order valence-electron chi connectivity index (χ1n) is 9.67. The molecule has 150 valence electrons. The van der Waals surface area contributed by atoms with E-state index in [-0.39, 0.29) is 6.42 Å². The molecule has 4 aromatic rings. The molecule has 1 unspecified atom stereocenters. The molecule has 0 amide bonds. The van der Waals surface area contributed by atoms with Crippen LogP contribution in [0, 0.1) is 11.3 Å². The Morgan fingerprint density at radius 1 is 1.27 bits per heavy atom. The third kappa shape index (κ3) is 3.45. The quantitative estimate of drug-likeness (QED) is 0.527. The summed E-state index contributed by atoms with van der Waals surface area (Å²) < 4.78 is 16.6. The second-order valence-electron chi connectivity index (χ2n) is 7.42. The van der Waals surface area contributed by atoms with E-state index in [0.29, 0.717) is 28.8 Å². The zero-order valence-corrected chi connectivity index (χ0v) is 16.2. The van der Waals surface area contributed by atoms with E-state index < -0.39 is 6.17 Å². The van der Waals surface area contributed by atoms with E-state index >= 15 is 0 Å². The molecular formula is C20H18FN9. The lowest BCUT2D eigenvalue weighted by Gasteiger charge is -2.12. The van der Waals surface area contributed by atoms with Crippen molar-refractivity contribution in [2.24, 2.45) is 0 Å². The highest BCUT2D eigenvalue weighted by atomic mass is 19.1. The van der Waals surface area contributed by atoms with Crippen molar-refractivity contribution in [2.75, 3.05) is 5.32 Å². The molecule has 1 aliphatic rings. The Bertz CT molecular complexity index is 1260. The number of nitrogens with zero attached hydrogens (tertiary/aromatic N) is 8. The van der Waals surface area contributed by atoms with E-state index in [1.807, 2.05) is 6.07 Å². The lowest BCUT2D eigenvalue weighted by Crippen LogP contribution is -2.10. The molecule has 10 heteroatoms. The van der Waals surface area contributed by atoms with Crippen LogP contribution < -0.4 is 5.32 Å². The zero-order valence-electron chi connectivity index (χ0n) is 16.2. The highest BCUT2D eigenvalue weighted by Crippen LogP contribution is 2.30. The Morgan fingerprint density at radius 2 is 2.13 bits per heavy atom. The third-order valence-electron chi connectivity index (χ3n) is 4.84. The van der Waals surface area contributed by atoms with E-state index in [1.165, 1.54) is 13.1 Å². The van der Waals surface area contributed by atoms with Crippen molar-refractivity contribution < 1.29 is 4.39 Å². The summed E-state index contributed by atoms with van der Waals surface area (Å²) in [5, 5.41) is 25.9. The van der Waals surface area contributed by atoms with E-state index in [9.17, 15) is 4.39 Å². The summed E-state index contributed by atoms with van der Waals surface area (Å²) in [4.78, 5) is 8.90. The van der Waals surface area contributed by atoms with Crippen molar-refractivity contribution in [2.45, 2.75) is 38.4 Å². The van der Waals surface area contributed by atoms with Crippen molar-refractivity contribution in [1.29, 1.82) is 5.26 Å². The van der Waals surface area contributed by atoms with E-state index in [0.717, 1.165) is 29.6 Å². The molecule has 9 nitrogen and oxygen atoms in total. The van der Waals surface area contributed by atoms with Crippen LogP contribution in [0.4, 0.5) is 10.1 Å². The maximum atomic E-state index is 13.3. The van der Waals surface area contributed by atoms with Gasteiger partial charge in [-0.2, -0.15) is 15.0 Å². The molecule has 5 rings (SSSR count). The summed E-state index contributed by atoms with van der Waals surface area (Å²) >= 11 is 0. The summed E-state index contributed by atoms with van der Waals surface area (Å²) in [7, 11) is 0. The molecule has 1 fully saturated rings. The summed E-state index contributed by atoms with van der Waals surface area (Å²) in [6, 6.07) is 6.11. The van der Waals surface area contributed by atoms with Gasteiger partial charge in [0.25, 0.3) is 0 Å². The molecule has 1 N–H and O–H groups in total. The fourth-order valence-corrected chi connectivity index (χ4v) is 3.25. The first-order valence-corrected chi connectivity index (χ1v) is 9.67. The van der Waals surface area contributed by atoms with Crippen molar-refractivity contribution in [3.8, 4) is 17.6 Å². The van der Waals surface area contributed by atoms with Gasteiger partial charge < -0.3 is 5.32 Å². The molecule has 1 atom stereocenters. The first-order chi connectivity index (χ1) is 14.6. The average Bonchev–Trinajstić information content (AvgIpc) is 3.27. The minimum atomic E-state index is -0.984. The number of pyridine rings is 2. The predicted octanol–water partition coefficient (Wildman–Crippen LogP) is 2.74. The molecule has 30 heavy (non-hydrogen) atoms. The van der Waals surface area contributed by atoms with Gasteiger partial charge in [-0.05, 0) is 25.8 Å². The van der Waals surface area contributed by atoms with Crippen LogP contribution in [0.3, 0.4) is 0 Å². The standard InChI is InChI=1S/C20H18FN9/c1-12(21)4-16-11-29(28-27-16)18-10-23-19(6-17(18)26-15-2-3-15)30-20-14(9-25-30)5-13(7-22)8-24-20/h5-6,8-12,15H,2-4H2,1H3,(H,23,26). The fraction of sp³-hybridized carbons (Fsp3) is 0.300. The topological polar surface area (TPSA) is 110 Å². The van der Waals surface area contributed by atoms with E-state index in [4.69, 9.17) is 5.26 Å². The molecular weight excluding hydrogens is 385 g/mol. The van der Waals surface area contributed by atoms with Crippen LogP contribution in [0.15, 0.2) is 36.9 Å². The highest BCUT2D eigenvalue weighted by Gasteiger charge is 2.23. The Kier molecular flexibility index (Phi) is 4.35. The second kappa shape index (κ2) is 7.18. The summed E-state index contributed by atoms with van der Waals surface area (Å²) in [6.45, 7) is 1.50. The number of halogens is 1. The van der Waals surface area contributed by atoms with Crippen molar-refractivity contribution in [3.63, 3.8) is 0 Å². The van der Waals surface area contributed by atoms with Gasteiger partial charge in [0.05, 0.1) is 35.5 Å². The van der Waals surface area contributed by atoms with Gasteiger partial charge in [0.1, 0.15) is 17.9 Å². The van der Waals surface area contributed by atoms with Crippen LogP contribution in [-0.2, 0) is 6.42 Å². The SMILES string of the molecule is CC(F)Cc1cn(-c2cnc(-n3ncc4cc(C#N)cnc43)cc2NC2CC2)nn1. The minimum Gasteiger partial charge on any atom is -0.380 e. The Hall–Kier alpha value is -3.87. The van der Waals surface area contributed by atoms with E-state index in [2.05, 4.69) is 36.8 Å². The molecule has 0 aliphatic heterocycles. The number of anilines is 1. The number of nitriles is 1. The number of fused-ring (bicyclic) bond motifs is 1. The van der Waals surface area contributed by atoms with E-state index in [1.54, 1.807) is 34.0 Å². The van der Waals surface area contributed by atoms with Crippen molar-refractivity contribution >= 4 is 16.7 Å². The van der Waals surface area contributed by atoms with Crippen LogP contribution in [0.5, 0.6) is 0 Å². The van der Waals surface area contributed by atoms with Crippen LogP contribution in [0.25, 0.3) is 22.5 Å². The van der Waals surface area contributed by atoms with Gasteiger partial charge >= 0.3 is 0 Å². The minimum absolute atomic E-state index is 0.215. The smallest absolute Gasteiger partial charge is 0.164 e. The van der Waals surface area contributed by atoms with Gasteiger partial charge in [-0.15, -0.1) is 5.10 Å². The Morgan fingerprint density at radius 3 is 2.90 bits per heavy atom. The fourth-order valence-electron chi connectivity index (χ4n) is 3.25. The monoisotopic (exact) mass is 403 g/mol. The maximum absolute atomic E-state index is 13.3. The largest absolute Gasteiger partial charge is 0.380 e. The van der Waals surface area contributed by atoms with Crippen LogP contribution in [0.1, 0.15) is 31.0 Å². The molecule has 0 saturated heterocycles. The summed E-state index contributed by atoms with van der Waals surface area (Å²) in [5.41, 5.74) is 3.25. The number of aromatic nitrogens is 7. The van der Waals surface area contributed by atoms with Gasteiger partial charge in [-0.1, -0.05) is 5.21 Å². The first kappa shape index (κ1) is 18.2. The molecule has 4 heterocycles. The molecule has 1 saturated carbocycles. The molecule has 0 radical (unpaired) electrons. The summed E-state index contributed by atoms with van der Waals surface area (Å²) in [5.74, 6) is 0.590. The molecule has 1 aliphatic carbocycles. The van der Waals surface area contributed by atoms with Gasteiger partial charge in [0, 0.05) is 30.1 Å². The predicted molar refractivity (Wildman–Crippen MR) is 107 cm³/mol. The average molecular weight is 403 g/mol. The summed E-state index contributed by atoms with van der Waals surface area (Å²) in [6.07, 6.45) is 8.02. The molecule has 4 aromatic heterocycles. The van der Waals surface area contributed by atoms with Crippen molar-refractivity contribution in [3.05, 3.63) is 48.2 Å². The lowest BCUT2D eigenvalue weighted by atomic mass is 10.2. The maximum Gasteiger partial charge on any atom is 0.164 e. The van der Waals surface area contributed by atoms with Crippen LogP contribution >= 0.6 is 0 Å². The number of rotatable bonds is 6. The second-order valence-corrected chi connectivity index (χ2v) is 7.42. The number of nitrogens with one attached hydrogen (secondary N) is 1. The number of hydrogen-bond donors (Lipinski definition) is 1. The lowest BCUT2D eigenvalue weighted by molar-refractivity contribution is 0.357. The third-order valence-corrected chi connectivity index (χ3v) is 4.84. The zero-order chi connectivity index (χ0) is 20.7. The Labute approximate surface area is 171 Å². The van der Waals surface area contributed by atoms with Gasteiger partial charge in [0.2, 0.25) is 0 Å². The number of alkyl halides is 1. The molecule has 0 spiro atoms. The Balaban J connectivity index is 1.55. The normalized spacial score (nSPS) is 14.6. The molecule has 0 aromatic carbocycles. The van der Waals surface area contributed by atoms with Gasteiger partial charge in [0.15, 0.2) is 11.5 Å². The highest BCUT2D eigenvalue weighted by molar-refractivity contribution is 5.77. The van der Waals surface area contributed by atoms with Crippen LogP contribution in [-0.4, -0.2) is 47.0 Å². The van der Waals surface area contributed by atoms with Gasteiger partial charge in [-0.25, -0.2) is 19.0 Å². The number of hydrogen-bond acceptors (Lipinski definition) is 7. The molecule has 0 bridgehead atoms. The van der Waals surface area contributed by atoms with Crippen LogP contribution in [0.2, 0.25) is 0 Å². The van der Waals surface area contributed by atoms with Crippen molar-refractivity contribution in [1.82, 2.24) is 34.7 Å². The van der Waals surface area contributed by atoms with Gasteiger partial charge in [-0.3, -0.25) is 0 Å².